The van der Waals surface area contributed by atoms with Crippen molar-refractivity contribution in [3.05, 3.63) is 12.2 Å². The zero-order valence-corrected chi connectivity index (χ0v) is 11.9. The molecule has 0 rings (SSSR count). The molecule has 0 saturated heterocycles. The van der Waals surface area contributed by atoms with E-state index in [1.807, 2.05) is 0 Å². The molecule has 0 aromatic heterocycles. The van der Waals surface area contributed by atoms with Gasteiger partial charge in [-0.1, -0.05) is 54.1 Å². The molecule has 0 amide bonds. The third-order valence-corrected chi connectivity index (χ3v) is 3.00. The average molecular weight is 318 g/mol. The molecule has 0 aliphatic heterocycles. The SMILES string of the molecule is FC(F)(Cl)/C=C/CCCCCCCCCBr. The van der Waals surface area contributed by atoms with Crippen LogP contribution < -0.4 is 0 Å². The largest absolute Gasteiger partial charge is 0.341 e. The Morgan fingerprint density at radius 2 is 1.44 bits per heavy atom. The molecule has 0 aromatic carbocycles. The molecule has 0 atom stereocenters. The molecule has 0 bridgehead atoms. The standard InChI is InChI=1S/C12H20BrClF2/c13-11-9-7-5-3-1-2-4-6-8-10-12(14,15)16/h8,10H,1-7,9,11H2/b10-8+. The first kappa shape index (κ1) is 16.4. The molecule has 0 heterocycles. The van der Waals surface area contributed by atoms with E-state index in [1.165, 1.54) is 38.2 Å². The lowest BCUT2D eigenvalue weighted by Gasteiger charge is -2.00. The number of hydrogen-bond acceptors (Lipinski definition) is 0. The summed E-state index contributed by atoms with van der Waals surface area (Å²) >= 11 is 8.12. The average Bonchev–Trinajstić information content (AvgIpc) is 2.19. The Kier molecular flexibility index (Phi) is 10.8. The topological polar surface area (TPSA) is 0 Å². The lowest BCUT2D eigenvalue weighted by Crippen LogP contribution is -1.98. The first-order chi connectivity index (χ1) is 7.56. The van der Waals surface area contributed by atoms with Gasteiger partial charge in [-0.3, -0.25) is 0 Å². The van der Waals surface area contributed by atoms with Crippen LogP contribution in [0.3, 0.4) is 0 Å². The maximum absolute atomic E-state index is 12.1. The van der Waals surface area contributed by atoms with Gasteiger partial charge in [-0.15, -0.1) is 0 Å². The molecule has 0 saturated carbocycles. The van der Waals surface area contributed by atoms with Crippen LogP contribution in [0.4, 0.5) is 8.78 Å². The molecule has 0 spiro atoms. The van der Waals surface area contributed by atoms with E-state index in [2.05, 4.69) is 15.9 Å². The van der Waals surface area contributed by atoms with Crippen LogP contribution in [0, 0.1) is 0 Å². The molecule has 0 aliphatic rings. The van der Waals surface area contributed by atoms with Gasteiger partial charge >= 0.3 is 5.38 Å². The predicted molar refractivity (Wildman–Crippen MR) is 70.7 cm³/mol. The van der Waals surface area contributed by atoms with Crippen LogP contribution in [0.25, 0.3) is 0 Å². The van der Waals surface area contributed by atoms with E-state index in [-0.39, 0.29) is 0 Å². The normalized spacial score (nSPS) is 12.5. The van der Waals surface area contributed by atoms with Gasteiger partial charge in [0.2, 0.25) is 0 Å². The Hall–Kier alpha value is 0.370. The molecule has 16 heavy (non-hydrogen) atoms. The van der Waals surface area contributed by atoms with E-state index < -0.39 is 5.38 Å². The van der Waals surface area contributed by atoms with Crippen molar-refractivity contribution in [3.63, 3.8) is 0 Å². The molecule has 4 heteroatoms. The summed E-state index contributed by atoms with van der Waals surface area (Å²) in [6.45, 7) is 0. The molecular weight excluding hydrogens is 297 g/mol. The first-order valence-corrected chi connectivity index (χ1v) is 7.36. The highest BCUT2D eigenvalue weighted by Gasteiger charge is 2.18. The van der Waals surface area contributed by atoms with Crippen LogP contribution in [-0.4, -0.2) is 10.7 Å². The zero-order chi connectivity index (χ0) is 12.3. The summed E-state index contributed by atoms with van der Waals surface area (Å²) in [7, 11) is 0. The summed E-state index contributed by atoms with van der Waals surface area (Å²) in [5.41, 5.74) is 0. The first-order valence-electron chi connectivity index (χ1n) is 5.86. The fraction of sp³-hybridized carbons (Fsp3) is 0.833. The maximum Gasteiger partial charge on any atom is 0.341 e. The number of halogens is 4. The highest BCUT2D eigenvalue weighted by Crippen LogP contribution is 2.20. The molecule has 0 N–H and O–H groups in total. The Morgan fingerprint density at radius 3 is 1.94 bits per heavy atom. The van der Waals surface area contributed by atoms with Crippen molar-refractivity contribution in [3.8, 4) is 0 Å². The Bertz CT molecular complexity index is 178. The molecule has 0 aromatic rings. The van der Waals surface area contributed by atoms with Gasteiger partial charge in [0.1, 0.15) is 0 Å². The number of alkyl halides is 4. The minimum Gasteiger partial charge on any atom is -0.184 e. The minimum absolute atomic E-state index is 0.698. The van der Waals surface area contributed by atoms with Crippen LogP contribution in [-0.2, 0) is 0 Å². The molecule has 0 aliphatic carbocycles. The quantitative estimate of drug-likeness (QED) is 0.268. The van der Waals surface area contributed by atoms with Crippen LogP contribution in [0.5, 0.6) is 0 Å². The number of allylic oxidation sites excluding steroid dienone is 2. The minimum atomic E-state index is -3.17. The van der Waals surface area contributed by atoms with Crippen molar-refractivity contribution < 1.29 is 8.78 Å². The third kappa shape index (κ3) is 14.4. The summed E-state index contributed by atoms with van der Waals surface area (Å²) in [6, 6.07) is 0. The predicted octanol–water partition coefficient (Wildman–Crippen LogP) is 5.89. The summed E-state index contributed by atoms with van der Waals surface area (Å²) < 4.78 is 24.3. The molecule has 96 valence electrons. The summed E-state index contributed by atoms with van der Waals surface area (Å²) in [5, 5.41) is -2.08. The lowest BCUT2D eigenvalue weighted by atomic mass is 10.1. The van der Waals surface area contributed by atoms with Gasteiger partial charge < -0.3 is 0 Å². The van der Waals surface area contributed by atoms with Crippen molar-refractivity contribution >= 4 is 27.5 Å². The number of hydrogen-bond donors (Lipinski definition) is 0. The molecule has 0 fully saturated rings. The van der Waals surface area contributed by atoms with Gasteiger partial charge in [-0.05, 0) is 36.9 Å². The van der Waals surface area contributed by atoms with Gasteiger partial charge in [-0.2, -0.15) is 8.78 Å². The van der Waals surface area contributed by atoms with E-state index in [0.29, 0.717) is 6.42 Å². The van der Waals surface area contributed by atoms with Crippen molar-refractivity contribution in [2.24, 2.45) is 0 Å². The van der Waals surface area contributed by atoms with Crippen LogP contribution in [0.2, 0.25) is 0 Å². The van der Waals surface area contributed by atoms with Crippen molar-refractivity contribution in [2.75, 3.05) is 5.33 Å². The second-order valence-corrected chi connectivity index (χ2v) is 5.19. The molecule has 0 radical (unpaired) electrons. The second-order valence-electron chi connectivity index (χ2n) is 3.90. The van der Waals surface area contributed by atoms with E-state index in [1.54, 1.807) is 0 Å². The fourth-order valence-electron chi connectivity index (χ4n) is 1.46. The smallest absolute Gasteiger partial charge is 0.184 e. The highest BCUT2D eigenvalue weighted by molar-refractivity contribution is 9.09. The number of unbranched alkanes of at least 4 members (excludes halogenated alkanes) is 7. The van der Waals surface area contributed by atoms with E-state index in [9.17, 15) is 8.78 Å². The summed E-state index contributed by atoms with van der Waals surface area (Å²) in [5.74, 6) is 0. The highest BCUT2D eigenvalue weighted by atomic mass is 79.9. The zero-order valence-electron chi connectivity index (χ0n) is 9.53. The van der Waals surface area contributed by atoms with Gasteiger partial charge in [0.25, 0.3) is 0 Å². The Labute approximate surface area is 111 Å². The number of rotatable bonds is 10. The van der Waals surface area contributed by atoms with Crippen LogP contribution in [0.15, 0.2) is 12.2 Å². The molecular formula is C12H20BrClF2. The second kappa shape index (κ2) is 10.5. The van der Waals surface area contributed by atoms with Crippen molar-refractivity contribution in [2.45, 2.75) is 56.7 Å². The van der Waals surface area contributed by atoms with E-state index >= 15 is 0 Å². The third-order valence-electron chi connectivity index (χ3n) is 2.31. The van der Waals surface area contributed by atoms with Gasteiger partial charge in [0, 0.05) is 5.33 Å². The van der Waals surface area contributed by atoms with Crippen molar-refractivity contribution in [1.82, 2.24) is 0 Å². The summed E-state index contributed by atoms with van der Waals surface area (Å²) in [4.78, 5) is 0. The monoisotopic (exact) mass is 316 g/mol. The van der Waals surface area contributed by atoms with Crippen LogP contribution >= 0.6 is 27.5 Å². The Balaban J connectivity index is 3.13. The fourth-order valence-corrected chi connectivity index (χ4v) is 1.94. The van der Waals surface area contributed by atoms with Crippen LogP contribution in [0.1, 0.15) is 51.4 Å². The molecule has 0 nitrogen and oxygen atoms in total. The van der Waals surface area contributed by atoms with Gasteiger partial charge in [0.05, 0.1) is 0 Å². The van der Waals surface area contributed by atoms with Gasteiger partial charge in [0.15, 0.2) is 0 Å². The molecule has 0 unspecified atom stereocenters. The Morgan fingerprint density at radius 1 is 0.938 bits per heavy atom. The lowest BCUT2D eigenvalue weighted by molar-refractivity contribution is 0.152. The van der Waals surface area contributed by atoms with Crippen molar-refractivity contribution in [1.29, 1.82) is 0 Å². The maximum atomic E-state index is 12.1. The summed E-state index contributed by atoms with van der Waals surface area (Å²) in [6.07, 6.45) is 11.3. The van der Waals surface area contributed by atoms with E-state index in [0.717, 1.165) is 24.2 Å². The van der Waals surface area contributed by atoms with E-state index in [4.69, 9.17) is 11.6 Å². The van der Waals surface area contributed by atoms with Gasteiger partial charge in [-0.25, -0.2) is 0 Å².